The second kappa shape index (κ2) is 6.96. The fourth-order valence-corrected chi connectivity index (χ4v) is 3.96. The maximum absolute atomic E-state index is 12.9. The molecule has 0 saturated carbocycles. The lowest BCUT2D eigenvalue weighted by Crippen LogP contribution is -2.31. The van der Waals surface area contributed by atoms with E-state index in [0.29, 0.717) is 10.8 Å². The monoisotopic (exact) mass is 379 g/mol. The summed E-state index contributed by atoms with van der Waals surface area (Å²) in [5.41, 5.74) is 3.56. The first-order valence-electron chi connectivity index (χ1n) is 8.49. The van der Waals surface area contributed by atoms with E-state index in [0.717, 1.165) is 16.8 Å². The molecule has 1 atom stereocenters. The number of hydrogen-bond donors (Lipinski definition) is 0. The van der Waals surface area contributed by atoms with Crippen molar-refractivity contribution in [3.05, 3.63) is 59.7 Å². The zero-order valence-electron chi connectivity index (χ0n) is 14.9. The average Bonchev–Trinajstić information content (AvgIpc) is 3.23. The van der Waals surface area contributed by atoms with Gasteiger partial charge in [-0.2, -0.15) is 4.68 Å². The van der Waals surface area contributed by atoms with Crippen LogP contribution >= 0.6 is 11.8 Å². The van der Waals surface area contributed by atoms with Crippen molar-refractivity contribution >= 4 is 29.3 Å². The predicted molar refractivity (Wildman–Crippen MR) is 102 cm³/mol. The molecule has 8 heteroatoms. The van der Waals surface area contributed by atoms with Crippen LogP contribution in [0.4, 0.5) is 5.69 Å². The number of tetrazole rings is 1. The van der Waals surface area contributed by atoms with Crippen molar-refractivity contribution in [3.8, 4) is 5.69 Å². The van der Waals surface area contributed by atoms with Crippen molar-refractivity contribution in [1.82, 2.24) is 20.2 Å². The average molecular weight is 379 g/mol. The van der Waals surface area contributed by atoms with Gasteiger partial charge in [-0.15, -0.1) is 5.10 Å². The first-order valence-corrected chi connectivity index (χ1v) is 9.37. The maximum Gasteiger partial charge on any atom is 0.247 e. The Morgan fingerprint density at radius 3 is 2.52 bits per heavy atom. The number of carbonyl (C=O) groups is 2. The second-order valence-corrected chi connectivity index (χ2v) is 7.53. The van der Waals surface area contributed by atoms with Crippen LogP contribution in [-0.4, -0.2) is 37.3 Å². The van der Waals surface area contributed by atoms with Crippen molar-refractivity contribution in [2.24, 2.45) is 0 Å². The third kappa shape index (κ3) is 3.23. The van der Waals surface area contributed by atoms with Crippen LogP contribution in [0.25, 0.3) is 5.69 Å². The number of benzene rings is 2. The van der Waals surface area contributed by atoms with Crippen LogP contribution < -0.4 is 4.90 Å². The quantitative estimate of drug-likeness (QED) is 0.649. The van der Waals surface area contributed by atoms with Crippen molar-refractivity contribution in [2.45, 2.75) is 30.7 Å². The third-order valence-corrected chi connectivity index (χ3v) is 5.66. The second-order valence-electron chi connectivity index (χ2n) is 6.36. The fraction of sp³-hybridized carbons (Fsp3) is 0.211. The predicted octanol–water partition coefficient (Wildman–Crippen LogP) is 2.70. The normalized spacial score (nSPS) is 17.0. The summed E-state index contributed by atoms with van der Waals surface area (Å²) in [6, 6.07) is 15.0. The van der Waals surface area contributed by atoms with Gasteiger partial charge in [0.25, 0.3) is 0 Å². The van der Waals surface area contributed by atoms with Gasteiger partial charge in [-0.25, -0.2) is 4.90 Å². The number of para-hydroxylation sites is 1. The van der Waals surface area contributed by atoms with E-state index in [1.165, 1.54) is 16.7 Å². The van der Waals surface area contributed by atoms with Gasteiger partial charge in [0.15, 0.2) is 0 Å². The summed E-state index contributed by atoms with van der Waals surface area (Å²) >= 11 is 1.21. The summed E-state index contributed by atoms with van der Waals surface area (Å²) in [4.78, 5) is 26.7. The number of aryl methyl sites for hydroxylation is 2. The van der Waals surface area contributed by atoms with Crippen LogP contribution in [0.1, 0.15) is 17.5 Å². The van der Waals surface area contributed by atoms with Gasteiger partial charge >= 0.3 is 0 Å². The number of hydrogen-bond acceptors (Lipinski definition) is 6. The van der Waals surface area contributed by atoms with Gasteiger partial charge in [-0.05, 0) is 59.7 Å². The van der Waals surface area contributed by atoms with Crippen LogP contribution in [0.15, 0.2) is 53.7 Å². The molecule has 0 bridgehead atoms. The van der Waals surface area contributed by atoms with Crippen molar-refractivity contribution in [1.29, 1.82) is 0 Å². The largest absolute Gasteiger partial charge is 0.274 e. The smallest absolute Gasteiger partial charge is 0.247 e. The van der Waals surface area contributed by atoms with Gasteiger partial charge < -0.3 is 0 Å². The molecule has 136 valence electrons. The molecule has 4 rings (SSSR count). The Morgan fingerprint density at radius 1 is 1.00 bits per heavy atom. The lowest BCUT2D eigenvalue weighted by Gasteiger charge is -2.16. The fourth-order valence-electron chi connectivity index (χ4n) is 2.94. The summed E-state index contributed by atoms with van der Waals surface area (Å²) in [7, 11) is 0. The number of amides is 2. The van der Waals surface area contributed by atoms with Gasteiger partial charge in [-0.3, -0.25) is 9.59 Å². The molecule has 1 unspecified atom stereocenters. The molecule has 3 aromatic rings. The van der Waals surface area contributed by atoms with Gasteiger partial charge in [0.05, 0.1) is 11.4 Å². The van der Waals surface area contributed by atoms with Gasteiger partial charge in [0, 0.05) is 6.42 Å². The zero-order chi connectivity index (χ0) is 19.0. The molecule has 0 spiro atoms. The molecule has 1 aliphatic heterocycles. The van der Waals surface area contributed by atoms with Crippen LogP contribution in [0.2, 0.25) is 0 Å². The van der Waals surface area contributed by atoms with Crippen molar-refractivity contribution < 1.29 is 9.59 Å². The Morgan fingerprint density at radius 2 is 1.78 bits per heavy atom. The van der Waals surface area contributed by atoms with E-state index in [1.54, 1.807) is 10.7 Å². The summed E-state index contributed by atoms with van der Waals surface area (Å²) in [5, 5.41) is 11.7. The van der Waals surface area contributed by atoms with Gasteiger partial charge in [0.1, 0.15) is 5.25 Å². The standard InChI is InChI=1S/C19H17N5O2S/c1-12-8-9-15(10-13(12)2)23-17(25)11-16(18(23)26)27-19-20-21-22-24(19)14-6-4-3-5-7-14/h3-10,16H,11H2,1-2H3. The molecule has 1 aromatic heterocycles. The van der Waals surface area contributed by atoms with E-state index in [-0.39, 0.29) is 18.2 Å². The lowest BCUT2D eigenvalue weighted by atomic mass is 10.1. The number of carbonyl (C=O) groups excluding carboxylic acids is 2. The van der Waals surface area contributed by atoms with E-state index in [1.807, 2.05) is 56.3 Å². The molecule has 2 amide bonds. The van der Waals surface area contributed by atoms with Crippen molar-refractivity contribution in [3.63, 3.8) is 0 Å². The number of nitrogens with zero attached hydrogens (tertiary/aromatic N) is 5. The Labute approximate surface area is 160 Å². The molecule has 0 aliphatic carbocycles. The first-order chi connectivity index (χ1) is 13.0. The molecule has 2 aromatic carbocycles. The lowest BCUT2D eigenvalue weighted by molar-refractivity contribution is -0.121. The maximum atomic E-state index is 12.9. The Bertz CT molecular complexity index is 1020. The minimum Gasteiger partial charge on any atom is -0.274 e. The Kier molecular flexibility index (Phi) is 4.49. The summed E-state index contributed by atoms with van der Waals surface area (Å²) in [5.74, 6) is -0.449. The number of anilines is 1. The molecule has 0 radical (unpaired) electrons. The molecule has 1 aliphatic rings. The number of aromatic nitrogens is 4. The summed E-state index contributed by atoms with van der Waals surface area (Å²) < 4.78 is 1.57. The zero-order valence-corrected chi connectivity index (χ0v) is 15.7. The summed E-state index contributed by atoms with van der Waals surface area (Å²) in [6.45, 7) is 3.96. The molecular formula is C19H17N5O2S. The molecule has 27 heavy (non-hydrogen) atoms. The van der Waals surface area contributed by atoms with E-state index >= 15 is 0 Å². The van der Waals surface area contributed by atoms with E-state index in [4.69, 9.17) is 0 Å². The van der Waals surface area contributed by atoms with E-state index < -0.39 is 5.25 Å². The molecule has 1 saturated heterocycles. The van der Waals surface area contributed by atoms with Gasteiger partial charge in [-0.1, -0.05) is 36.0 Å². The first kappa shape index (κ1) is 17.4. The molecular weight excluding hydrogens is 362 g/mol. The van der Waals surface area contributed by atoms with E-state index in [9.17, 15) is 9.59 Å². The van der Waals surface area contributed by atoms with Gasteiger partial charge in [0.2, 0.25) is 17.0 Å². The summed E-state index contributed by atoms with van der Waals surface area (Å²) in [6.07, 6.45) is 0.123. The number of thioether (sulfide) groups is 1. The van der Waals surface area contributed by atoms with Crippen LogP contribution in [-0.2, 0) is 9.59 Å². The SMILES string of the molecule is Cc1ccc(N2C(=O)CC(Sc3nnnn3-c3ccccc3)C2=O)cc1C. The molecule has 2 heterocycles. The minimum absolute atomic E-state index is 0.123. The highest BCUT2D eigenvalue weighted by molar-refractivity contribution is 8.00. The minimum atomic E-state index is -0.549. The molecule has 7 nitrogen and oxygen atoms in total. The van der Waals surface area contributed by atoms with Crippen LogP contribution in [0.5, 0.6) is 0 Å². The van der Waals surface area contributed by atoms with E-state index in [2.05, 4.69) is 15.5 Å². The van der Waals surface area contributed by atoms with Crippen LogP contribution in [0.3, 0.4) is 0 Å². The topological polar surface area (TPSA) is 81.0 Å². The molecule has 1 fully saturated rings. The van der Waals surface area contributed by atoms with Crippen LogP contribution in [0, 0.1) is 13.8 Å². The Balaban J connectivity index is 1.59. The highest BCUT2D eigenvalue weighted by Gasteiger charge is 2.41. The Hall–Kier alpha value is -3.00. The van der Waals surface area contributed by atoms with Crippen molar-refractivity contribution in [2.75, 3.05) is 4.90 Å². The highest BCUT2D eigenvalue weighted by Crippen LogP contribution is 2.34. The number of imide groups is 1. The highest BCUT2D eigenvalue weighted by atomic mass is 32.2. The number of rotatable bonds is 4. The molecule has 0 N–H and O–H groups in total. The third-order valence-electron chi connectivity index (χ3n) is 4.54.